The molecule has 2 atom stereocenters. The van der Waals surface area contributed by atoms with Crippen LogP contribution in [-0.4, -0.2) is 71.6 Å². The van der Waals surface area contributed by atoms with E-state index >= 15 is 0 Å². The van der Waals surface area contributed by atoms with Crippen molar-refractivity contribution in [1.29, 1.82) is 0 Å². The van der Waals surface area contributed by atoms with Crippen LogP contribution in [0.3, 0.4) is 0 Å². The summed E-state index contributed by atoms with van der Waals surface area (Å²) in [5, 5.41) is 0. The summed E-state index contributed by atoms with van der Waals surface area (Å²) in [4.78, 5) is 38.5. The van der Waals surface area contributed by atoms with Crippen molar-refractivity contribution in [2.24, 2.45) is 16.8 Å². The fraction of sp³-hybridized carbons (Fsp3) is 0.444. The lowest BCUT2D eigenvalue weighted by Gasteiger charge is -2.36. The van der Waals surface area contributed by atoms with E-state index in [-0.39, 0.29) is 23.7 Å². The molecule has 0 bridgehead atoms. The van der Waals surface area contributed by atoms with E-state index in [1.54, 1.807) is 11.8 Å². The van der Waals surface area contributed by atoms with Gasteiger partial charge in [-0.3, -0.25) is 19.4 Å². The molecular weight excluding hydrogens is 444 g/mol. The van der Waals surface area contributed by atoms with E-state index in [0.717, 1.165) is 57.1 Å². The Labute approximate surface area is 206 Å². The monoisotopic (exact) mass is 476 g/mol. The first kappa shape index (κ1) is 23.1. The van der Waals surface area contributed by atoms with Crippen molar-refractivity contribution in [3.8, 4) is 0 Å². The lowest BCUT2D eigenvalue weighted by atomic mass is 10.00. The molecule has 2 aromatic carbocycles. The molecule has 3 aliphatic heterocycles. The summed E-state index contributed by atoms with van der Waals surface area (Å²) in [6.45, 7) is 9.14. The molecule has 178 valence electrons. The lowest BCUT2D eigenvalue weighted by molar-refractivity contribution is -0.139. The third-order valence-electron chi connectivity index (χ3n) is 7.28. The van der Waals surface area contributed by atoms with E-state index in [1.807, 2.05) is 13.8 Å². The number of amides is 2. The average Bonchev–Trinajstić information content (AvgIpc) is 2.99. The van der Waals surface area contributed by atoms with Gasteiger partial charge in [0.2, 0.25) is 11.8 Å². The van der Waals surface area contributed by atoms with E-state index in [0.29, 0.717) is 6.54 Å². The molecule has 0 radical (unpaired) electrons. The molecule has 0 N–H and O–H groups in total. The SMILES string of the molecule is CC1C(=O)N(CCCCN2CCN(C3=Nc4ccccc4Sc4ccccc43)CC2)C(=O)C1C. The maximum absolute atomic E-state index is 12.3. The summed E-state index contributed by atoms with van der Waals surface area (Å²) < 4.78 is 0. The van der Waals surface area contributed by atoms with E-state index in [9.17, 15) is 9.59 Å². The second-order valence-electron chi connectivity index (χ2n) is 9.44. The van der Waals surface area contributed by atoms with Gasteiger partial charge in [-0.15, -0.1) is 0 Å². The number of fused-ring (bicyclic) bond motifs is 2. The zero-order valence-electron chi connectivity index (χ0n) is 19.9. The number of benzene rings is 2. The molecule has 0 saturated carbocycles. The molecule has 3 heterocycles. The largest absolute Gasteiger partial charge is 0.354 e. The number of nitrogens with zero attached hydrogens (tertiary/aromatic N) is 4. The van der Waals surface area contributed by atoms with Crippen LogP contribution in [0.25, 0.3) is 0 Å². The molecule has 34 heavy (non-hydrogen) atoms. The number of aliphatic imine (C=N–C) groups is 1. The predicted molar refractivity (Wildman–Crippen MR) is 135 cm³/mol. The van der Waals surface area contributed by atoms with Gasteiger partial charge in [0.05, 0.1) is 5.69 Å². The molecule has 2 saturated heterocycles. The Morgan fingerprint density at radius 2 is 1.44 bits per heavy atom. The van der Waals surface area contributed by atoms with Crippen LogP contribution in [0.5, 0.6) is 0 Å². The van der Waals surface area contributed by atoms with Crippen molar-refractivity contribution in [3.05, 3.63) is 54.1 Å². The quantitative estimate of drug-likeness (QED) is 0.477. The van der Waals surface area contributed by atoms with Crippen molar-refractivity contribution in [1.82, 2.24) is 14.7 Å². The Kier molecular flexibility index (Phi) is 6.75. The second-order valence-corrected chi connectivity index (χ2v) is 10.5. The van der Waals surface area contributed by atoms with Crippen LogP contribution in [0.1, 0.15) is 32.3 Å². The van der Waals surface area contributed by atoms with Crippen molar-refractivity contribution >= 4 is 35.1 Å². The maximum atomic E-state index is 12.3. The van der Waals surface area contributed by atoms with Crippen LogP contribution < -0.4 is 0 Å². The van der Waals surface area contributed by atoms with Gasteiger partial charge in [0.15, 0.2) is 0 Å². The predicted octanol–water partition coefficient (Wildman–Crippen LogP) is 4.27. The highest BCUT2D eigenvalue weighted by Crippen LogP contribution is 2.40. The van der Waals surface area contributed by atoms with E-state index in [2.05, 4.69) is 58.3 Å². The topological polar surface area (TPSA) is 56.2 Å². The third kappa shape index (κ3) is 4.51. The Morgan fingerprint density at radius 3 is 2.18 bits per heavy atom. The fourth-order valence-electron chi connectivity index (χ4n) is 4.95. The molecule has 0 spiro atoms. The van der Waals surface area contributed by atoms with Crippen LogP contribution in [-0.2, 0) is 9.59 Å². The fourth-order valence-corrected chi connectivity index (χ4v) is 5.96. The molecule has 6 nitrogen and oxygen atoms in total. The molecule has 0 aliphatic carbocycles. The minimum absolute atomic E-state index is 0.00434. The highest BCUT2D eigenvalue weighted by Gasteiger charge is 2.41. The first-order chi connectivity index (χ1) is 16.5. The average molecular weight is 477 g/mol. The third-order valence-corrected chi connectivity index (χ3v) is 8.42. The number of para-hydroxylation sites is 1. The van der Waals surface area contributed by atoms with Gasteiger partial charge in [-0.1, -0.05) is 55.9 Å². The number of amidine groups is 1. The number of likely N-dealkylation sites (tertiary alicyclic amines) is 1. The van der Waals surface area contributed by atoms with Crippen LogP contribution in [0.15, 0.2) is 63.3 Å². The zero-order chi connectivity index (χ0) is 23.7. The highest BCUT2D eigenvalue weighted by molar-refractivity contribution is 7.99. The van der Waals surface area contributed by atoms with E-state index in [4.69, 9.17) is 4.99 Å². The van der Waals surface area contributed by atoms with Crippen LogP contribution >= 0.6 is 11.8 Å². The van der Waals surface area contributed by atoms with Gasteiger partial charge in [-0.25, -0.2) is 4.99 Å². The van der Waals surface area contributed by atoms with Gasteiger partial charge in [-0.2, -0.15) is 0 Å². The normalized spacial score (nSPS) is 22.9. The summed E-state index contributed by atoms with van der Waals surface area (Å²) >= 11 is 1.79. The Morgan fingerprint density at radius 1 is 0.824 bits per heavy atom. The summed E-state index contributed by atoms with van der Waals surface area (Å²) in [5.41, 5.74) is 2.25. The lowest BCUT2D eigenvalue weighted by Crippen LogP contribution is -2.49. The number of piperazine rings is 1. The molecule has 2 aromatic rings. The van der Waals surface area contributed by atoms with Crippen LogP contribution in [0, 0.1) is 11.8 Å². The smallest absolute Gasteiger partial charge is 0.232 e. The van der Waals surface area contributed by atoms with Gasteiger partial charge >= 0.3 is 0 Å². The molecule has 5 rings (SSSR count). The standard InChI is InChI=1S/C27H32N4O2S/c1-19-20(2)27(33)31(26(19)32)14-8-7-13-29-15-17-30(18-16-29)25-21-9-3-5-11-23(21)34-24-12-6-4-10-22(24)28-25/h3-6,9-12,19-20H,7-8,13-18H2,1-2H3. The molecule has 3 aliphatic rings. The highest BCUT2D eigenvalue weighted by atomic mass is 32.2. The molecule has 2 amide bonds. The van der Waals surface area contributed by atoms with Crippen molar-refractivity contribution in [2.45, 2.75) is 36.5 Å². The number of carbonyl (C=O) groups excluding carboxylic acids is 2. The van der Waals surface area contributed by atoms with Crippen molar-refractivity contribution < 1.29 is 9.59 Å². The van der Waals surface area contributed by atoms with Gasteiger partial charge < -0.3 is 4.90 Å². The van der Waals surface area contributed by atoms with Crippen LogP contribution in [0.2, 0.25) is 0 Å². The number of imide groups is 1. The van der Waals surface area contributed by atoms with Crippen molar-refractivity contribution in [2.75, 3.05) is 39.3 Å². The van der Waals surface area contributed by atoms with Gasteiger partial charge in [-0.05, 0) is 37.6 Å². The summed E-state index contributed by atoms with van der Waals surface area (Å²) in [7, 11) is 0. The first-order valence-electron chi connectivity index (χ1n) is 12.3. The van der Waals surface area contributed by atoms with Gasteiger partial charge in [0.25, 0.3) is 0 Å². The molecule has 2 unspecified atom stereocenters. The number of unbranched alkanes of at least 4 members (excludes halogenated alkanes) is 1. The Hall–Kier alpha value is -2.64. The second kappa shape index (κ2) is 9.92. The van der Waals surface area contributed by atoms with E-state index < -0.39 is 0 Å². The summed E-state index contributed by atoms with van der Waals surface area (Å²) in [5.74, 6) is 0.707. The Bertz CT molecular complexity index is 1090. The molecular formula is C27H32N4O2S. The Balaban J connectivity index is 1.17. The number of hydrogen-bond acceptors (Lipinski definition) is 6. The zero-order valence-corrected chi connectivity index (χ0v) is 20.8. The summed E-state index contributed by atoms with van der Waals surface area (Å²) in [6, 6.07) is 16.9. The van der Waals surface area contributed by atoms with Gasteiger partial charge in [0.1, 0.15) is 5.84 Å². The maximum Gasteiger partial charge on any atom is 0.232 e. The van der Waals surface area contributed by atoms with Crippen molar-refractivity contribution in [3.63, 3.8) is 0 Å². The minimum Gasteiger partial charge on any atom is -0.354 e. The molecule has 2 fully saturated rings. The number of rotatable bonds is 5. The molecule has 7 heteroatoms. The molecule has 0 aromatic heterocycles. The van der Waals surface area contributed by atoms with E-state index in [1.165, 1.54) is 20.3 Å². The first-order valence-corrected chi connectivity index (χ1v) is 13.1. The summed E-state index contributed by atoms with van der Waals surface area (Å²) in [6.07, 6.45) is 1.86. The van der Waals surface area contributed by atoms with Crippen LogP contribution in [0.4, 0.5) is 5.69 Å². The minimum atomic E-state index is -0.178. The van der Waals surface area contributed by atoms with Gasteiger partial charge in [0, 0.05) is 59.9 Å². The number of hydrogen-bond donors (Lipinski definition) is 0. The number of carbonyl (C=O) groups is 2.